The van der Waals surface area contributed by atoms with Crippen molar-refractivity contribution in [3.63, 3.8) is 0 Å². The van der Waals surface area contributed by atoms with Crippen LogP contribution in [0.5, 0.6) is 0 Å². The number of hydrogen-bond donors (Lipinski definition) is 0. The molecule has 0 aliphatic carbocycles. The van der Waals surface area contributed by atoms with Crippen molar-refractivity contribution >= 4 is 13.2 Å². The van der Waals surface area contributed by atoms with E-state index in [1.807, 2.05) is 0 Å². The maximum Gasteiger partial charge on any atom is -0.0240 e. The smallest absolute Gasteiger partial charge is 0.0240 e. The van der Waals surface area contributed by atoms with E-state index in [0.717, 1.165) is 0 Å². The molecule has 0 aromatic heterocycles. The van der Waals surface area contributed by atoms with Gasteiger partial charge in [0.25, 0.3) is 0 Å². The predicted octanol–water partition coefficient (Wildman–Crippen LogP) is 3.14. The molecule has 0 nitrogen and oxygen atoms in total. The third-order valence-electron chi connectivity index (χ3n) is 2.42. The molecule has 0 spiro atoms. The summed E-state index contributed by atoms with van der Waals surface area (Å²) in [6.07, 6.45) is 10.0. The Kier molecular flexibility index (Phi) is 3.16. The maximum absolute atomic E-state index is 2.34. The summed E-state index contributed by atoms with van der Waals surface area (Å²) in [7, 11) is 0.144. The Morgan fingerprint density at radius 3 is 2.08 bits per heavy atom. The fraction of sp³-hybridized carbons (Fsp3) is 0.333. The molecular weight excluding hydrogens is 175 g/mol. The van der Waals surface area contributed by atoms with E-state index in [4.69, 9.17) is 0 Å². The van der Waals surface area contributed by atoms with E-state index in [1.54, 1.807) is 5.30 Å². The van der Waals surface area contributed by atoms with Gasteiger partial charge in [0.1, 0.15) is 0 Å². The first kappa shape index (κ1) is 8.97. The number of hydrogen-bond acceptors (Lipinski definition) is 0. The standard InChI is InChI=1S/C12H15P/c1-2-7-11-13(10-6-1)12-8-4-3-5-9-12/h1-5,8-9H,6-7,10-11H2. The van der Waals surface area contributed by atoms with Gasteiger partial charge in [0.2, 0.25) is 0 Å². The maximum atomic E-state index is 2.34. The number of benzene rings is 1. The molecule has 1 heteroatoms. The zero-order valence-corrected chi connectivity index (χ0v) is 8.71. The first-order valence-corrected chi connectivity index (χ1v) is 6.63. The second-order valence-electron chi connectivity index (χ2n) is 3.37. The van der Waals surface area contributed by atoms with Crippen LogP contribution in [0.15, 0.2) is 42.5 Å². The van der Waals surface area contributed by atoms with E-state index in [9.17, 15) is 0 Å². The van der Waals surface area contributed by atoms with Crippen molar-refractivity contribution in [3.8, 4) is 0 Å². The fourth-order valence-corrected chi connectivity index (χ4v) is 3.96. The van der Waals surface area contributed by atoms with E-state index < -0.39 is 0 Å². The normalized spacial score (nSPS) is 18.5. The summed E-state index contributed by atoms with van der Waals surface area (Å²) in [5, 5.41) is 1.58. The zero-order valence-electron chi connectivity index (χ0n) is 7.82. The monoisotopic (exact) mass is 190 g/mol. The van der Waals surface area contributed by atoms with Crippen molar-refractivity contribution in [2.45, 2.75) is 12.8 Å². The Bertz CT molecular complexity index is 266. The molecule has 0 saturated heterocycles. The molecule has 1 aliphatic heterocycles. The van der Waals surface area contributed by atoms with Gasteiger partial charge in [0, 0.05) is 0 Å². The molecule has 1 heterocycles. The summed E-state index contributed by atoms with van der Waals surface area (Å²) < 4.78 is 0. The molecule has 0 amide bonds. The Morgan fingerprint density at radius 2 is 1.46 bits per heavy atom. The summed E-state index contributed by atoms with van der Waals surface area (Å²) in [4.78, 5) is 0. The molecule has 0 atom stereocenters. The van der Waals surface area contributed by atoms with Crippen molar-refractivity contribution < 1.29 is 0 Å². The highest BCUT2D eigenvalue weighted by Crippen LogP contribution is 2.37. The molecule has 1 aromatic carbocycles. The Morgan fingerprint density at radius 1 is 0.846 bits per heavy atom. The molecule has 0 saturated carbocycles. The third kappa shape index (κ3) is 2.42. The molecule has 0 N–H and O–H groups in total. The van der Waals surface area contributed by atoms with Gasteiger partial charge in [-0.1, -0.05) is 50.4 Å². The summed E-state index contributed by atoms with van der Waals surface area (Å²) in [5.41, 5.74) is 0. The van der Waals surface area contributed by atoms with Crippen LogP contribution in [0.2, 0.25) is 0 Å². The lowest BCUT2D eigenvalue weighted by molar-refractivity contribution is 1.22. The van der Waals surface area contributed by atoms with Gasteiger partial charge in [-0.2, -0.15) is 0 Å². The van der Waals surface area contributed by atoms with Crippen LogP contribution in [0.25, 0.3) is 0 Å². The van der Waals surface area contributed by atoms with Crippen LogP contribution in [0.3, 0.4) is 0 Å². The van der Waals surface area contributed by atoms with Crippen LogP contribution in [-0.2, 0) is 0 Å². The lowest BCUT2D eigenvalue weighted by atomic mass is 10.4. The van der Waals surface area contributed by atoms with E-state index >= 15 is 0 Å². The number of allylic oxidation sites excluding steroid dienone is 2. The van der Waals surface area contributed by atoms with Gasteiger partial charge in [0.05, 0.1) is 0 Å². The Labute approximate surface area is 81.4 Å². The summed E-state index contributed by atoms with van der Waals surface area (Å²) in [6.45, 7) is 0. The zero-order chi connectivity index (χ0) is 8.93. The van der Waals surface area contributed by atoms with E-state index in [-0.39, 0.29) is 7.92 Å². The van der Waals surface area contributed by atoms with Gasteiger partial charge in [-0.05, 0) is 30.5 Å². The topological polar surface area (TPSA) is 0 Å². The highest BCUT2D eigenvalue weighted by molar-refractivity contribution is 7.65. The minimum absolute atomic E-state index is 0.144. The second kappa shape index (κ2) is 4.58. The van der Waals surface area contributed by atoms with Gasteiger partial charge in [0.15, 0.2) is 0 Å². The lowest BCUT2D eigenvalue weighted by Crippen LogP contribution is -2.04. The van der Waals surface area contributed by atoms with Gasteiger partial charge in [-0.15, -0.1) is 0 Å². The predicted molar refractivity (Wildman–Crippen MR) is 61.1 cm³/mol. The molecule has 0 fully saturated rings. The molecule has 0 unspecified atom stereocenters. The van der Waals surface area contributed by atoms with E-state index in [2.05, 4.69) is 42.5 Å². The van der Waals surface area contributed by atoms with Crippen LogP contribution in [0.4, 0.5) is 0 Å². The van der Waals surface area contributed by atoms with Crippen molar-refractivity contribution in [3.05, 3.63) is 42.5 Å². The summed E-state index contributed by atoms with van der Waals surface area (Å²) >= 11 is 0. The van der Waals surface area contributed by atoms with Crippen LogP contribution >= 0.6 is 7.92 Å². The highest BCUT2D eigenvalue weighted by atomic mass is 31.1. The fourth-order valence-electron chi connectivity index (χ4n) is 1.71. The number of rotatable bonds is 1. The van der Waals surface area contributed by atoms with Gasteiger partial charge < -0.3 is 0 Å². The van der Waals surface area contributed by atoms with Crippen molar-refractivity contribution in [2.75, 3.05) is 12.3 Å². The average molecular weight is 190 g/mol. The first-order valence-electron chi connectivity index (χ1n) is 4.92. The molecule has 2 rings (SSSR count). The average Bonchev–Trinajstić information content (AvgIpc) is 2.47. The second-order valence-corrected chi connectivity index (χ2v) is 5.86. The van der Waals surface area contributed by atoms with Crippen molar-refractivity contribution in [1.82, 2.24) is 0 Å². The SMILES string of the molecule is C1=CCCP(c2ccccc2)CC1. The van der Waals surface area contributed by atoms with E-state index in [0.29, 0.717) is 0 Å². The Hall–Kier alpha value is -0.610. The summed E-state index contributed by atoms with van der Waals surface area (Å²) in [6, 6.07) is 11.0. The lowest BCUT2D eigenvalue weighted by Gasteiger charge is -2.14. The van der Waals surface area contributed by atoms with Crippen LogP contribution in [0, 0.1) is 0 Å². The van der Waals surface area contributed by atoms with Crippen LogP contribution in [-0.4, -0.2) is 12.3 Å². The highest BCUT2D eigenvalue weighted by Gasteiger charge is 2.09. The Balaban J connectivity index is 2.09. The van der Waals surface area contributed by atoms with Crippen molar-refractivity contribution in [1.29, 1.82) is 0 Å². The molecule has 68 valence electrons. The first-order chi connectivity index (χ1) is 6.47. The molecule has 1 aliphatic rings. The van der Waals surface area contributed by atoms with Crippen LogP contribution in [0.1, 0.15) is 12.8 Å². The minimum atomic E-state index is 0.144. The largest absolute Gasteiger partial charge is 0.0882 e. The summed E-state index contributed by atoms with van der Waals surface area (Å²) in [5.74, 6) is 0. The molecule has 13 heavy (non-hydrogen) atoms. The molecular formula is C12H15P. The minimum Gasteiger partial charge on any atom is -0.0882 e. The van der Waals surface area contributed by atoms with Gasteiger partial charge in [-0.25, -0.2) is 0 Å². The van der Waals surface area contributed by atoms with Crippen LogP contribution < -0.4 is 5.30 Å². The van der Waals surface area contributed by atoms with Gasteiger partial charge in [-0.3, -0.25) is 0 Å². The van der Waals surface area contributed by atoms with Crippen molar-refractivity contribution in [2.24, 2.45) is 0 Å². The third-order valence-corrected chi connectivity index (χ3v) is 5.04. The quantitative estimate of drug-likeness (QED) is 0.471. The molecule has 1 aromatic rings. The molecule has 0 radical (unpaired) electrons. The molecule has 0 bridgehead atoms. The van der Waals surface area contributed by atoms with Gasteiger partial charge >= 0.3 is 0 Å². The van der Waals surface area contributed by atoms with E-state index in [1.165, 1.54) is 25.2 Å².